The average molecular weight is 292 g/mol. The fourth-order valence-corrected chi connectivity index (χ4v) is 2.59. The molecular formula is C10H20N4O4S. The van der Waals surface area contributed by atoms with Crippen molar-refractivity contribution in [3.63, 3.8) is 0 Å². The van der Waals surface area contributed by atoms with E-state index in [0.29, 0.717) is 13.2 Å². The molecule has 0 aliphatic rings. The van der Waals surface area contributed by atoms with Crippen LogP contribution < -0.4 is 4.72 Å². The van der Waals surface area contributed by atoms with Crippen molar-refractivity contribution in [2.24, 2.45) is 0 Å². The second kappa shape index (κ2) is 7.56. The molecule has 9 heteroatoms. The molecule has 0 amide bonds. The number of aromatic amines is 1. The first-order valence-electron chi connectivity index (χ1n) is 5.81. The average Bonchev–Trinajstić information content (AvgIpc) is 2.85. The highest BCUT2D eigenvalue weighted by Gasteiger charge is 2.19. The lowest BCUT2D eigenvalue weighted by molar-refractivity contribution is 0.162. The molecule has 0 aliphatic heterocycles. The highest BCUT2D eigenvalue weighted by atomic mass is 32.2. The number of hydrogen-bond acceptors (Lipinski definition) is 6. The molecule has 3 N–H and O–H groups in total. The van der Waals surface area contributed by atoms with Crippen LogP contribution in [0.2, 0.25) is 0 Å². The van der Waals surface area contributed by atoms with Gasteiger partial charge in [-0.15, -0.1) is 0 Å². The summed E-state index contributed by atoms with van der Waals surface area (Å²) >= 11 is 0. The van der Waals surface area contributed by atoms with Gasteiger partial charge in [0.2, 0.25) is 0 Å². The molecule has 0 fully saturated rings. The number of nitrogens with one attached hydrogen (secondary N) is 2. The van der Waals surface area contributed by atoms with E-state index in [2.05, 4.69) is 14.9 Å². The predicted octanol–water partition coefficient (Wildman–Crippen LogP) is -1.24. The first-order valence-corrected chi connectivity index (χ1v) is 7.30. The van der Waals surface area contributed by atoms with Gasteiger partial charge < -0.3 is 14.7 Å². The molecule has 0 spiro atoms. The normalized spacial score (nSPS) is 12.2. The van der Waals surface area contributed by atoms with Gasteiger partial charge in [0.05, 0.1) is 19.4 Å². The maximum atomic E-state index is 11.9. The number of aliphatic hydroxyl groups is 1. The van der Waals surface area contributed by atoms with E-state index in [-0.39, 0.29) is 23.7 Å². The van der Waals surface area contributed by atoms with Crippen molar-refractivity contribution in [3.8, 4) is 0 Å². The topological polar surface area (TPSA) is 108 Å². The number of ether oxygens (including phenoxy) is 1. The van der Waals surface area contributed by atoms with Crippen LogP contribution in [0, 0.1) is 0 Å². The van der Waals surface area contributed by atoms with Gasteiger partial charge in [0, 0.05) is 32.3 Å². The van der Waals surface area contributed by atoms with Crippen LogP contribution in [0.4, 0.5) is 0 Å². The third-order valence-corrected chi connectivity index (χ3v) is 4.06. The quantitative estimate of drug-likeness (QED) is 0.525. The lowest BCUT2D eigenvalue weighted by Crippen LogP contribution is -2.34. The van der Waals surface area contributed by atoms with Gasteiger partial charge in [-0.3, -0.25) is 5.10 Å². The molecule has 1 aromatic heterocycles. The van der Waals surface area contributed by atoms with E-state index in [4.69, 9.17) is 9.84 Å². The fraction of sp³-hybridized carbons (Fsp3) is 0.700. The summed E-state index contributed by atoms with van der Waals surface area (Å²) in [6.07, 6.45) is 1.29. The lowest BCUT2D eigenvalue weighted by Gasteiger charge is -2.16. The summed E-state index contributed by atoms with van der Waals surface area (Å²) in [7, 11) is -0.168. The van der Waals surface area contributed by atoms with Crippen LogP contribution >= 0.6 is 0 Å². The molecule has 0 radical (unpaired) electrons. The van der Waals surface area contributed by atoms with Crippen molar-refractivity contribution < 1.29 is 18.3 Å². The number of sulfonamides is 1. The molecule has 0 saturated heterocycles. The summed E-state index contributed by atoms with van der Waals surface area (Å²) in [5, 5.41) is 14.9. The molecule has 110 valence electrons. The maximum Gasteiger partial charge on any atom is 0.257 e. The zero-order chi connectivity index (χ0) is 14.3. The minimum atomic E-state index is -3.66. The third kappa shape index (κ3) is 4.88. The van der Waals surface area contributed by atoms with Gasteiger partial charge in [0.1, 0.15) is 0 Å². The molecule has 0 aliphatic carbocycles. The number of H-pyrrole nitrogens is 1. The molecular weight excluding hydrogens is 272 g/mol. The molecule has 0 aromatic carbocycles. The monoisotopic (exact) mass is 292 g/mol. The van der Waals surface area contributed by atoms with Crippen LogP contribution in [-0.2, 0) is 21.4 Å². The molecule has 0 saturated carbocycles. The first-order chi connectivity index (χ1) is 9.01. The maximum absolute atomic E-state index is 11.9. The Kier molecular flexibility index (Phi) is 6.38. The standard InChI is InChI=1S/C10H20N4O4S/c1-14(5-6-18-2)4-3-12-19(16,17)10-9(8-15)7-11-13-10/h7,12,15H,3-6,8H2,1-2H3,(H,11,13). The minimum Gasteiger partial charge on any atom is -0.392 e. The number of aliphatic hydroxyl groups excluding tert-OH is 1. The van der Waals surface area contributed by atoms with Crippen molar-refractivity contribution in [1.29, 1.82) is 0 Å². The predicted molar refractivity (Wildman–Crippen MR) is 69.1 cm³/mol. The molecule has 19 heavy (non-hydrogen) atoms. The molecule has 0 atom stereocenters. The number of nitrogens with zero attached hydrogens (tertiary/aromatic N) is 2. The molecule has 0 unspecified atom stereocenters. The largest absolute Gasteiger partial charge is 0.392 e. The Morgan fingerprint density at radius 2 is 2.26 bits per heavy atom. The van der Waals surface area contributed by atoms with E-state index in [1.54, 1.807) is 7.11 Å². The van der Waals surface area contributed by atoms with Crippen molar-refractivity contribution in [2.75, 3.05) is 40.4 Å². The van der Waals surface area contributed by atoms with Crippen molar-refractivity contribution in [3.05, 3.63) is 11.8 Å². The van der Waals surface area contributed by atoms with Gasteiger partial charge in [-0.2, -0.15) is 5.10 Å². The Morgan fingerprint density at radius 1 is 1.53 bits per heavy atom. The molecule has 8 nitrogen and oxygen atoms in total. The summed E-state index contributed by atoms with van der Waals surface area (Å²) in [5.41, 5.74) is 0.250. The van der Waals surface area contributed by atoms with Crippen LogP contribution in [0.3, 0.4) is 0 Å². The van der Waals surface area contributed by atoms with E-state index in [1.807, 2.05) is 11.9 Å². The Labute approximate surface area is 112 Å². The van der Waals surface area contributed by atoms with Crippen molar-refractivity contribution in [1.82, 2.24) is 19.8 Å². The highest BCUT2D eigenvalue weighted by Crippen LogP contribution is 2.10. The highest BCUT2D eigenvalue weighted by molar-refractivity contribution is 7.89. The number of aromatic nitrogens is 2. The van der Waals surface area contributed by atoms with Crippen LogP contribution in [0.25, 0.3) is 0 Å². The summed E-state index contributed by atoms with van der Waals surface area (Å²) in [5.74, 6) is 0. The Bertz CT molecular complexity index is 474. The van der Waals surface area contributed by atoms with Crippen LogP contribution in [0.1, 0.15) is 5.56 Å². The number of hydrogen-bond donors (Lipinski definition) is 3. The molecule has 1 rings (SSSR count). The number of methoxy groups -OCH3 is 1. The zero-order valence-corrected chi connectivity index (χ0v) is 11.9. The SMILES string of the molecule is COCCN(C)CCNS(=O)(=O)c1[nH]ncc1CO. The number of rotatable bonds is 9. The fourth-order valence-electron chi connectivity index (χ4n) is 1.45. The summed E-state index contributed by atoms with van der Waals surface area (Å²) in [6, 6.07) is 0. The Hall–Kier alpha value is -1.00. The van der Waals surface area contributed by atoms with Crippen LogP contribution in [-0.4, -0.2) is 69.0 Å². The molecule has 1 aromatic rings. The molecule has 0 bridgehead atoms. The van der Waals surface area contributed by atoms with Crippen LogP contribution in [0.5, 0.6) is 0 Å². The van der Waals surface area contributed by atoms with Gasteiger partial charge in [-0.25, -0.2) is 13.1 Å². The summed E-state index contributed by atoms with van der Waals surface area (Å²) < 4.78 is 31.2. The van der Waals surface area contributed by atoms with E-state index in [9.17, 15) is 8.42 Å². The molecule has 1 heterocycles. The van der Waals surface area contributed by atoms with Gasteiger partial charge >= 0.3 is 0 Å². The minimum absolute atomic E-state index is 0.0884. The Morgan fingerprint density at radius 3 is 2.89 bits per heavy atom. The van der Waals surface area contributed by atoms with Crippen LogP contribution in [0.15, 0.2) is 11.2 Å². The van der Waals surface area contributed by atoms with E-state index in [0.717, 1.165) is 6.54 Å². The van der Waals surface area contributed by atoms with E-state index >= 15 is 0 Å². The van der Waals surface area contributed by atoms with Crippen molar-refractivity contribution >= 4 is 10.0 Å². The second-order valence-corrected chi connectivity index (χ2v) is 5.78. The first kappa shape index (κ1) is 16.1. The van der Waals surface area contributed by atoms with Crippen molar-refractivity contribution in [2.45, 2.75) is 11.6 Å². The lowest BCUT2D eigenvalue weighted by atomic mass is 10.4. The van der Waals surface area contributed by atoms with Gasteiger partial charge in [-0.1, -0.05) is 0 Å². The third-order valence-electron chi connectivity index (χ3n) is 2.58. The summed E-state index contributed by atoms with van der Waals surface area (Å²) in [4.78, 5) is 1.95. The smallest absolute Gasteiger partial charge is 0.257 e. The zero-order valence-electron chi connectivity index (χ0n) is 11.1. The number of likely N-dealkylation sites (N-methyl/N-ethyl adjacent to an activating group) is 1. The Balaban J connectivity index is 2.48. The summed E-state index contributed by atoms with van der Waals surface area (Å²) in [6.45, 7) is 1.78. The van der Waals surface area contributed by atoms with Gasteiger partial charge in [0.15, 0.2) is 5.03 Å². The van der Waals surface area contributed by atoms with E-state index in [1.165, 1.54) is 6.20 Å². The van der Waals surface area contributed by atoms with Gasteiger partial charge in [-0.05, 0) is 7.05 Å². The second-order valence-electron chi connectivity index (χ2n) is 4.08. The van der Waals surface area contributed by atoms with E-state index < -0.39 is 10.0 Å². The van der Waals surface area contributed by atoms with Gasteiger partial charge in [0.25, 0.3) is 10.0 Å².